The molecule has 0 amide bonds. The molecule has 0 spiro atoms. The molecule has 1 aromatic heterocycles. The number of rotatable bonds is 3. The van der Waals surface area contributed by atoms with E-state index < -0.39 is 0 Å². The molecule has 106 valence electrons. The summed E-state index contributed by atoms with van der Waals surface area (Å²) < 4.78 is 7.06. The van der Waals surface area contributed by atoms with E-state index in [2.05, 4.69) is 4.98 Å². The van der Waals surface area contributed by atoms with E-state index in [1.807, 2.05) is 47.0 Å². The Kier molecular flexibility index (Phi) is 3.62. The monoisotopic (exact) mass is 300 g/mol. The molecular weight excluding hydrogens is 288 g/mol. The van der Waals surface area contributed by atoms with Crippen molar-refractivity contribution >= 4 is 22.5 Å². The zero-order valence-electron chi connectivity index (χ0n) is 11.4. The van der Waals surface area contributed by atoms with Crippen molar-refractivity contribution in [2.45, 2.75) is 5.88 Å². The lowest BCUT2D eigenvalue weighted by Gasteiger charge is -2.14. The quantitative estimate of drug-likeness (QED) is 0.698. The summed E-state index contributed by atoms with van der Waals surface area (Å²) >= 11 is 5.97. The molecule has 0 bridgehead atoms. The molecule has 0 aliphatic rings. The molecule has 1 heterocycles. The number of fused-ring (bicyclic) bond motifs is 1. The second-order valence-corrected chi connectivity index (χ2v) is 4.78. The lowest BCUT2D eigenvalue weighted by atomic mass is 10.2. The minimum absolute atomic E-state index is 0.159. The van der Waals surface area contributed by atoms with Crippen molar-refractivity contribution in [3.05, 3.63) is 64.7 Å². The molecule has 0 aliphatic carbocycles. The maximum Gasteiger partial charge on any atom is 0.280 e. The van der Waals surface area contributed by atoms with Crippen molar-refractivity contribution in [2.24, 2.45) is 0 Å². The maximum absolute atomic E-state index is 12.0. The highest BCUT2D eigenvalue weighted by molar-refractivity contribution is 6.16. The molecule has 4 nitrogen and oxygen atoms in total. The molecule has 0 saturated carbocycles. The molecule has 0 aliphatic heterocycles. The summed E-state index contributed by atoms with van der Waals surface area (Å²) in [4.78, 5) is 16.1. The van der Waals surface area contributed by atoms with E-state index in [9.17, 15) is 4.79 Å². The van der Waals surface area contributed by atoms with Crippen LogP contribution in [0.1, 0.15) is 5.82 Å². The minimum atomic E-state index is -0.258. The number of alkyl halides is 1. The number of hydrogen-bond donors (Lipinski definition) is 0. The first-order valence-corrected chi connectivity index (χ1v) is 6.99. The smallest absolute Gasteiger partial charge is 0.280 e. The Morgan fingerprint density at radius 2 is 1.86 bits per heavy atom. The molecule has 0 unspecified atom stereocenters. The van der Waals surface area contributed by atoms with Crippen LogP contribution in [-0.4, -0.2) is 16.7 Å². The van der Waals surface area contributed by atoms with E-state index in [1.165, 1.54) is 0 Å². The summed E-state index contributed by atoms with van der Waals surface area (Å²) in [5.41, 5.74) is 1.42. The van der Waals surface area contributed by atoms with Gasteiger partial charge in [-0.3, -0.25) is 9.36 Å². The highest BCUT2D eigenvalue weighted by atomic mass is 35.5. The second-order valence-electron chi connectivity index (χ2n) is 4.52. The Hall–Kier alpha value is -2.33. The first kappa shape index (κ1) is 13.6. The molecule has 2 aromatic carbocycles. The van der Waals surface area contributed by atoms with E-state index >= 15 is 0 Å². The van der Waals surface area contributed by atoms with Gasteiger partial charge in [0.2, 0.25) is 0 Å². The van der Waals surface area contributed by atoms with Crippen molar-refractivity contribution in [3.8, 4) is 11.4 Å². The Morgan fingerprint density at radius 3 is 2.52 bits per heavy atom. The number of ether oxygens (including phenoxy) is 1. The zero-order chi connectivity index (χ0) is 14.8. The second kappa shape index (κ2) is 5.58. The van der Waals surface area contributed by atoms with Crippen molar-refractivity contribution in [3.63, 3.8) is 0 Å². The Morgan fingerprint density at radius 1 is 1.14 bits per heavy atom. The van der Waals surface area contributed by atoms with Gasteiger partial charge in [-0.2, -0.15) is 4.98 Å². The van der Waals surface area contributed by atoms with Crippen LogP contribution >= 0.6 is 11.6 Å². The molecule has 0 fully saturated rings. The van der Waals surface area contributed by atoms with E-state index in [4.69, 9.17) is 16.3 Å². The molecule has 0 saturated heterocycles. The van der Waals surface area contributed by atoms with Gasteiger partial charge in [-0.25, -0.2) is 0 Å². The molecular formula is C16H13ClN2O2. The van der Waals surface area contributed by atoms with Gasteiger partial charge in [0.05, 0.1) is 23.9 Å². The van der Waals surface area contributed by atoms with Crippen LogP contribution in [0.25, 0.3) is 16.6 Å². The highest BCUT2D eigenvalue weighted by Crippen LogP contribution is 2.21. The molecule has 0 radical (unpaired) electrons. The molecule has 0 N–H and O–H groups in total. The number of hydrogen-bond acceptors (Lipinski definition) is 3. The third-order valence-corrected chi connectivity index (χ3v) is 3.55. The largest absolute Gasteiger partial charge is 0.497 e. The van der Waals surface area contributed by atoms with Gasteiger partial charge in [-0.05, 0) is 36.4 Å². The summed E-state index contributed by atoms with van der Waals surface area (Å²) in [6.45, 7) is 0. The fraction of sp³-hybridized carbons (Fsp3) is 0.125. The normalized spacial score (nSPS) is 10.8. The maximum atomic E-state index is 12.0. The van der Waals surface area contributed by atoms with Crippen molar-refractivity contribution < 1.29 is 4.74 Å². The van der Waals surface area contributed by atoms with Gasteiger partial charge in [0.1, 0.15) is 11.6 Å². The van der Waals surface area contributed by atoms with Crippen LogP contribution in [0.4, 0.5) is 0 Å². The predicted octanol–water partition coefficient (Wildman–Crippen LogP) is 3.13. The lowest BCUT2D eigenvalue weighted by Crippen LogP contribution is -2.17. The van der Waals surface area contributed by atoms with E-state index in [1.54, 1.807) is 13.2 Å². The van der Waals surface area contributed by atoms with Crippen LogP contribution in [0.5, 0.6) is 5.75 Å². The van der Waals surface area contributed by atoms with E-state index in [0.717, 1.165) is 17.0 Å². The van der Waals surface area contributed by atoms with Crippen LogP contribution in [-0.2, 0) is 5.88 Å². The summed E-state index contributed by atoms with van der Waals surface area (Å²) in [6.07, 6.45) is 0. The third kappa shape index (κ3) is 2.38. The van der Waals surface area contributed by atoms with Crippen LogP contribution in [0.3, 0.4) is 0 Å². The van der Waals surface area contributed by atoms with Crippen LogP contribution in [0.2, 0.25) is 0 Å². The number of para-hydroxylation sites is 1. The summed E-state index contributed by atoms with van der Waals surface area (Å²) in [7, 11) is 1.62. The van der Waals surface area contributed by atoms with Gasteiger partial charge in [-0.1, -0.05) is 12.1 Å². The number of methoxy groups -OCH3 is 1. The van der Waals surface area contributed by atoms with Gasteiger partial charge in [0.25, 0.3) is 5.56 Å². The highest BCUT2D eigenvalue weighted by Gasteiger charge is 2.11. The zero-order valence-corrected chi connectivity index (χ0v) is 12.2. The van der Waals surface area contributed by atoms with Gasteiger partial charge < -0.3 is 4.74 Å². The molecule has 3 rings (SSSR count). The van der Waals surface area contributed by atoms with Crippen molar-refractivity contribution in [1.29, 1.82) is 0 Å². The molecule has 21 heavy (non-hydrogen) atoms. The van der Waals surface area contributed by atoms with Crippen LogP contribution in [0.15, 0.2) is 53.3 Å². The molecule has 5 heteroatoms. The predicted molar refractivity (Wildman–Crippen MR) is 83.4 cm³/mol. The average Bonchev–Trinajstić information content (AvgIpc) is 2.55. The van der Waals surface area contributed by atoms with E-state index in [0.29, 0.717) is 11.2 Å². The van der Waals surface area contributed by atoms with E-state index in [-0.39, 0.29) is 11.4 Å². The SMILES string of the molecule is COc1ccc(-n2c(CCl)nc(=O)c3ccccc32)cc1. The standard InChI is InChI=1S/C16H13ClN2O2/c1-21-12-8-6-11(7-9-12)19-14-5-3-2-4-13(14)16(20)18-15(19)10-17/h2-9H,10H2,1H3. The fourth-order valence-corrected chi connectivity index (χ4v) is 2.50. The van der Waals surface area contributed by atoms with Crippen molar-refractivity contribution in [2.75, 3.05) is 7.11 Å². The summed E-state index contributed by atoms with van der Waals surface area (Å²) in [5.74, 6) is 1.45. The van der Waals surface area contributed by atoms with Crippen LogP contribution < -0.4 is 10.3 Å². The van der Waals surface area contributed by atoms with Gasteiger partial charge >= 0.3 is 0 Å². The topological polar surface area (TPSA) is 44.1 Å². The Balaban J connectivity index is 2.33. The average molecular weight is 301 g/mol. The Labute approximate surface area is 126 Å². The minimum Gasteiger partial charge on any atom is -0.497 e. The number of aromatic nitrogens is 2. The number of benzene rings is 2. The van der Waals surface area contributed by atoms with Gasteiger partial charge in [0.15, 0.2) is 0 Å². The van der Waals surface area contributed by atoms with Gasteiger partial charge in [-0.15, -0.1) is 11.6 Å². The number of nitrogens with zero attached hydrogens (tertiary/aromatic N) is 2. The number of halogens is 1. The van der Waals surface area contributed by atoms with Gasteiger partial charge in [0, 0.05) is 5.69 Å². The summed E-state index contributed by atoms with van der Waals surface area (Å²) in [5, 5.41) is 0.571. The third-order valence-electron chi connectivity index (χ3n) is 3.31. The van der Waals surface area contributed by atoms with Crippen LogP contribution in [0, 0.1) is 0 Å². The lowest BCUT2D eigenvalue weighted by molar-refractivity contribution is 0.414. The first-order valence-electron chi connectivity index (χ1n) is 6.45. The Bertz CT molecular complexity index is 841. The summed E-state index contributed by atoms with van der Waals surface area (Å²) in [6, 6.07) is 14.9. The molecule has 0 atom stereocenters. The van der Waals surface area contributed by atoms with Crippen molar-refractivity contribution in [1.82, 2.24) is 9.55 Å². The molecule has 3 aromatic rings. The first-order chi connectivity index (χ1) is 10.2. The fourth-order valence-electron chi connectivity index (χ4n) is 2.32.